The fourth-order valence-corrected chi connectivity index (χ4v) is 3.69. The van der Waals surface area contributed by atoms with E-state index in [1.54, 1.807) is 0 Å². The lowest BCUT2D eigenvalue weighted by Crippen LogP contribution is -2.43. The lowest BCUT2D eigenvalue weighted by molar-refractivity contribution is -0.135. The molecule has 0 radical (unpaired) electrons. The summed E-state index contributed by atoms with van der Waals surface area (Å²) >= 11 is 0. The van der Waals surface area contributed by atoms with E-state index in [1.165, 1.54) is 0 Å². The molecule has 3 nitrogen and oxygen atoms in total. The van der Waals surface area contributed by atoms with E-state index in [-0.39, 0.29) is 16.7 Å². The van der Waals surface area contributed by atoms with Gasteiger partial charge in [-0.3, -0.25) is 4.79 Å². The topological polar surface area (TPSA) is 46.3 Å². The zero-order chi connectivity index (χ0) is 13.7. The summed E-state index contributed by atoms with van der Waals surface area (Å²) in [6.07, 6.45) is 4.24. The fourth-order valence-electron chi connectivity index (χ4n) is 3.69. The van der Waals surface area contributed by atoms with Crippen LogP contribution in [-0.4, -0.2) is 29.9 Å². The Morgan fingerprint density at radius 2 is 1.50 bits per heavy atom. The number of nitrogens with two attached hydrogens (primary N) is 1. The molecule has 2 N–H and O–H groups in total. The van der Waals surface area contributed by atoms with Gasteiger partial charge in [0.1, 0.15) is 0 Å². The highest BCUT2D eigenvalue weighted by molar-refractivity contribution is 5.84. The van der Waals surface area contributed by atoms with Gasteiger partial charge in [0.15, 0.2) is 0 Å². The fraction of sp³-hybridized carbons (Fsp3) is 0.933. The Morgan fingerprint density at radius 1 is 1.06 bits per heavy atom. The highest BCUT2D eigenvalue weighted by Crippen LogP contribution is 2.68. The number of carbonyl (C=O) groups is 1. The molecule has 2 aliphatic rings. The molecule has 0 aromatic carbocycles. The summed E-state index contributed by atoms with van der Waals surface area (Å²) < 4.78 is 0. The lowest BCUT2D eigenvalue weighted by Gasteiger charge is -2.34. The van der Waals surface area contributed by atoms with Crippen molar-refractivity contribution in [3.8, 4) is 0 Å². The minimum Gasteiger partial charge on any atom is -0.343 e. The first-order valence-corrected chi connectivity index (χ1v) is 7.22. The van der Waals surface area contributed by atoms with Gasteiger partial charge in [0, 0.05) is 25.0 Å². The van der Waals surface area contributed by atoms with Crippen LogP contribution in [0, 0.1) is 16.7 Å². The van der Waals surface area contributed by atoms with Gasteiger partial charge in [-0.05, 0) is 36.5 Å². The third-order valence-electron chi connectivity index (χ3n) is 5.90. The molecular weight excluding hydrogens is 224 g/mol. The average molecular weight is 252 g/mol. The SMILES string of the molecule is CN(C(=O)C1C(C)(C)C1(C)C)C1CCC(N)CC1. The molecule has 18 heavy (non-hydrogen) atoms. The molecule has 0 bridgehead atoms. The first kappa shape index (κ1) is 13.9. The number of hydrogen-bond donors (Lipinski definition) is 1. The average Bonchev–Trinajstić information content (AvgIpc) is 2.69. The predicted octanol–water partition coefficient (Wildman–Crippen LogP) is 2.40. The maximum Gasteiger partial charge on any atom is 0.226 e. The highest BCUT2D eigenvalue weighted by atomic mass is 16.2. The van der Waals surface area contributed by atoms with Crippen molar-refractivity contribution in [2.24, 2.45) is 22.5 Å². The molecule has 2 saturated carbocycles. The second kappa shape index (κ2) is 4.22. The van der Waals surface area contributed by atoms with Crippen LogP contribution in [0.1, 0.15) is 53.4 Å². The lowest BCUT2D eigenvalue weighted by atomic mass is 9.90. The largest absolute Gasteiger partial charge is 0.343 e. The smallest absolute Gasteiger partial charge is 0.226 e. The molecule has 2 aliphatic carbocycles. The van der Waals surface area contributed by atoms with Crippen LogP contribution >= 0.6 is 0 Å². The van der Waals surface area contributed by atoms with Gasteiger partial charge in [-0.25, -0.2) is 0 Å². The van der Waals surface area contributed by atoms with Gasteiger partial charge in [0.25, 0.3) is 0 Å². The molecule has 2 rings (SSSR count). The minimum absolute atomic E-state index is 0.142. The van der Waals surface area contributed by atoms with Crippen LogP contribution in [0.2, 0.25) is 0 Å². The van der Waals surface area contributed by atoms with E-state index in [1.807, 2.05) is 11.9 Å². The first-order valence-electron chi connectivity index (χ1n) is 7.22. The van der Waals surface area contributed by atoms with E-state index in [4.69, 9.17) is 5.73 Å². The van der Waals surface area contributed by atoms with E-state index in [2.05, 4.69) is 27.7 Å². The van der Waals surface area contributed by atoms with Crippen LogP contribution in [0.4, 0.5) is 0 Å². The van der Waals surface area contributed by atoms with Gasteiger partial charge >= 0.3 is 0 Å². The molecule has 0 saturated heterocycles. The Balaban J connectivity index is 1.99. The summed E-state index contributed by atoms with van der Waals surface area (Å²) in [5, 5.41) is 0. The Morgan fingerprint density at radius 3 is 1.89 bits per heavy atom. The van der Waals surface area contributed by atoms with Crippen molar-refractivity contribution < 1.29 is 4.79 Å². The third-order valence-corrected chi connectivity index (χ3v) is 5.90. The van der Waals surface area contributed by atoms with Gasteiger partial charge in [-0.1, -0.05) is 27.7 Å². The number of nitrogens with zero attached hydrogens (tertiary/aromatic N) is 1. The monoisotopic (exact) mass is 252 g/mol. The van der Waals surface area contributed by atoms with Crippen LogP contribution in [0.25, 0.3) is 0 Å². The first-order chi connectivity index (χ1) is 8.19. The number of carbonyl (C=O) groups excluding carboxylic acids is 1. The molecule has 1 amide bonds. The molecule has 0 aliphatic heterocycles. The quantitative estimate of drug-likeness (QED) is 0.820. The van der Waals surface area contributed by atoms with E-state index >= 15 is 0 Å². The number of rotatable bonds is 2. The van der Waals surface area contributed by atoms with Crippen LogP contribution in [0.15, 0.2) is 0 Å². The second-order valence-corrected chi connectivity index (χ2v) is 7.39. The molecule has 0 aromatic heterocycles. The van der Waals surface area contributed by atoms with Crippen LogP contribution < -0.4 is 5.73 Å². The molecule has 2 fully saturated rings. The van der Waals surface area contributed by atoms with Gasteiger partial charge in [0.2, 0.25) is 5.91 Å². The Hall–Kier alpha value is -0.570. The normalized spacial score (nSPS) is 34.1. The summed E-state index contributed by atoms with van der Waals surface area (Å²) in [5.74, 6) is 0.524. The zero-order valence-corrected chi connectivity index (χ0v) is 12.5. The Kier molecular flexibility index (Phi) is 3.25. The molecule has 0 heterocycles. The molecule has 0 aromatic rings. The predicted molar refractivity (Wildman–Crippen MR) is 74.1 cm³/mol. The van der Waals surface area contributed by atoms with Gasteiger partial charge < -0.3 is 10.6 Å². The molecular formula is C15H28N2O. The molecule has 0 spiro atoms. The van der Waals surface area contributed by atoms with E-state index in [9.17, 15) is 4.79 Å². The van der Waals surface area contributed by atoms with Crippen LogP contribution in [-0.2, 0) is 4.79 Å². The van der Waals surface area contributed by atoms with Crippen molar-refractivity contribution in [3.05, 3.63) is 0 Å². The van der Waals surface area contributed by atoms with Crippen molar-refractivity contribution in [1.29, 1.82) is 0 Å². The minimum atomic E-state index is 0.142. The maximum atomic E-state index is 12.6. The van der Waals surface area contributed by atoms with Crippen molar-refractivity contribution in [3.63, 3.8) is 0 Å². The Bertz CT molecular complexity index is 326. The summed E-state index contributed by atoms with van der Waals surface area (Å²) in [7, 11) is 1.98. The highest BCUT2D eigenvalue weighted by Gasteiger charge is 2.68. The molecule has 0 atom stereocenters. The summed E-state index contributed by atoms with van der Waals surface area (Å²) in [6, 6.07) is 0.753. The molecule has 3 heteroatoms. The van der Waals surface area contributed by atoms with Crippen molar-refractivity contribution in [1.82, 2.24) is 4.90 Å². The third kappa shape index (κ3) is 1.97. The van der Waals surface area contributed by atoms with E-state index in [0.717, 1.165) is 25.7 Å². The van der Waals surface area contributed by atoms with Crippen LogP contribution in [0.3, 0.4) is 0 Å². The van der Waals surface area contributed by atoms with Crippen molar-refractivity contribution >= 4 is 5.91 Å². The van der Waals surface area contributed by atoms with Crippen molar-refractivity contribution in [2.75, 3.05) is 7.05 Å². The number of hydrogen-bond acceptors (Lipinski definition) is 2. The van der Waals surface area contributed by atoms with E-state index < -0.39 is 0 Å². The standard InChI is InChI=1S/C15H28N2O/c1-14(2)12(15(14,3)4)13(18)17(5)11-8-6-10(16)7-9-11/h10-12H,6-9,16H2,1-5H3. The summed E-state index contributed by atoms with van der Waals surface area (Å²) in [5.41, 5.74) is 6.21. The van der Waals surface area contributed by atoms with Gasteiger partial charge in [-0.15, -0.1) is 0 Å². The zero-order valence-electron chi connectivity index (χ0n) is 12.5. The number of amides is 1. The van der Waals surface area contributed by atoms with Gasteiger partial charge in [-0.2, -0.15) is 0 Å². The summed E-state index contributed by atoms with van der Waals surface area (Å²) in [6.45, 7) is 8.83. The Labute approximate surface area is 111 Å². The van der Waals surface area contributed by atoms with E-state index in [0.29, 0.717) is 18.0 Å². The van der Waals surface area contributed by atoms with Crippen molar-refractivity contribution in [2.45, 2.75) is 65.5 Å². The molecule has 104 valence electrons. The summed E-state index contributed by atoms with van der Waals surface area (Å²) in [4.78, 5) is 14.6. The second-order valence-electron chi connectivity index (χ2n) is 7.39. The molecule has 0 unspecified atom stereocenters. The van der Waals surface area contributed by atoms with Gasteiger partial charge in [0.05, 0.1) is 0 Å². The van der Waals surface area contributed by atoms with Crippen LogP contribution in [0.5, 0.6) is 0 Å². The maximum absolute atomic E-state index is 12.6.